The van der Waals surface area contributed by atoms with Crippen LogP contribution in [-0.4, -0.2) is 5.97 Å². The fraction of sp³-hybridized carbons (Fsp3) is 0.444. The number of esters is 1. The quantitative estimate of drug-likeness (QED) is 0.311. The molecule has 2 aromatic rings. The number of hydrogen-bond donors (Lipinski definition) is 0. The topological polar surface area (TPSA) is 26.3 Å². The first-order chi connectivity index (χ1) is 13.5. The Morgan fingerprint density at radius 2 is 1.38 bits per heavy atom. The van der Waals surface area contributed by atoms with Gasteiger partial charge in [0.05, 0.1) is 5.92 Å². The predicted octanol–water partition coefficient (Wildman–Crippen LogP) is 7.33. The summed E-state index contributed by atoms with van der Waals surface area (Å²) < 4.78 is 5.66. The minimum absolute atomic E-state index is 0.0364. The van der Waals surface area contributed by atoms with Gasteiger partial charge in [-0.1, -0.05) is 89.6 Å². The smallest absolute Gasteiger partial charge is 0.314 e. The van der Waals surface area contributed by atoms with E-state index in [1.165, 1.54) is 16.7 Å². The molecule has 0 amide bonds. The molecular weight excluding hydrogens is 356 g/mol. The molecule has 0 heterocycles. The van der Waals surface area contributed by atoms with Crippen LogP contribution in [0.15, 0.2) is 60.2 Å². The maximum atomic E-state index is 12.6. The van der Waals surface area contributed by atoms with Gasteiger partial charge in [0.15, 0.2) is 0 Å². The Hall–Kier alpha value is -2.35. The molecule has 0 aromatic heterocycles. The van der Waals surface area contributed by atoms with E-state index in [2.05, 4.69) is 71.9 Å². The molecule has 0 fully saturated rings. The van der Waals surface area contributed by atoms with Crippen LogP contribution in [0, 0.1) is 11.3 Å². The van der Waals surface area contributed by atoms with E-state index < -0.39 is 0 Å². The van der Waals surface area contributed by atoms with Crippen molar-refractivity contribution in [2.45, 2.75) is 66.2 Å². The van der Waals surface area contributed by atoms with Crippen LogP contribution in [-0.2, 0) is 10.2 Å². The van der Waals surface area contributed by atoms with Crippen LogP contribution in [0.5, 0.6) is 5.75 Å². The lowest BCUT2D eigenvalue weighted by Gasteiger charge is -2.28. The molecular formula is C27H34O2. The lowest BCUT2D eigenvalue weighted by molar-refractivity contribution is -0.139. The predicted molar refractivity (Wildman–Crippen MR) is 121 cm³/mol. The van der Waals surface area contributed by atoms with Gasteiger partial charge in [0.1, 0.15) is 5.75 Å². The van der Waals surface area contributed by atoms with E-state index in [4.69, 9.17) is 4.74 Å². The standard InChI is InChI=1S/C27H34O2/c1-26(2,3)22-13-7-19(8-14-22)20-11-17-24(18-12-20)29-25(28)21-9-15-23(16-10-21)27(4,5)6/h7-8,11-15,17-18,21H,9-10,16H2,1-6H3. The fourth-order valence-electron chi connectivity index (χ4n) is 3.81. The van der Waals surface area contributed by atoms with Crippen LogP contribution in [0.2, 0.25) is 0 Å². The third-order valence-corrected chi connectivity index (χ3v) is 5.86. The second-order valence-electron chi connectivity index (χ2n) is 10.2. The molecule has 29 heavy (non-hydrogen) atoms. The molecule has 3 rings (SSSR count). The van der Waals surface area contributed by atoms with Crippen LogP contribution >= 0.6 is 0 Å². The summed E-state index contributed by atoms with van der Waals surface area (Å²) in [6.07, 6.45) is 4.87. The van der Waals surface area contributed by atoms with E-state index in [0.29, 0.717) is 5.75 Å². The molecule has 1 aliphatic rings. The molecule has 2 heteroatoms. The van der Waals surface area contributed by atoms with Crippen LogP contribution < -0.4 is 4.74 Å². The second kappa shape index (κ2) is 8.18. The van der Waals surface area contributed by atoms with Crippen LogP contribution in [0.4, 0.5) is 0 Å². The SMILES string of the molecule is CC(C)(C)C1=CCC(C(=O)Oc2ccc(-c3ccc(C(C)(C)C)cc3)cc2)CC1. The highest BCUT2D eigenvalue weighted by molar-refractivity contribution is 5.76. The van der Waals surface area contributed by atoms with Crippen molar-refractivity contribution in [3.63, 3.8) is 0 Å². The molecule has 154 valence electrons. The molecule has 0 aliphatic heterocycles. The van der Waals surface area contributed by atoms with Crippen molar-refractivity contribution in [1.82, 2.24) is 0 Å². The average Bonchev–Trinajstić information content (AvgIpc) is 2.67. The molecule has 1 aliphatic carbocycles. The Bertz CT molecular complexity index is 872. The van der Waals surface area contributed by atoms with Crippen molar-refractivity contribution < 1.29 is 9.53 Å². The van der Waals surface area contributed by atoms with Crippen molar-refractivity contribution in [3.8, 4) is 16.9 Å². The van der Waals surface area contributed by atoms with Crippen LogP contribution in [0.1, 0.15) is 66.4 Å². The zero-order valence-corrected chi connectivity index (χ0v) is 18.7. The van der Waals surface area contributed by atoms with Gasteiger partial charge < -0.3 is 4.74 Å². The molecule has 0 saturated heterocycles. The first-order valence-electron chi connectivity index (χ1n) is 10.7. The summed E-state index contributed by atoms with van der Waals surface area (Å²) in [5.74, 6) is 0.470. The summed E-state index contributed by atoms with van der Waals surface area (Å²) in [5.41, 5.74) is 5.41. The highest BCUT2D eigenvalue weighted by Gasteiger charge is 2.27. The summed E-state index contributed by atoms with van der Waals surface area (Å²) in [4.78, 5) is 12.6. The number of ether oxygens (including phenoxy) is 1. The van der Waals surface area contributed by atoms with E-state index in [9.17, 15) is 4.79 Å². The molecule has 2 nitrogen and oxygen atoms in total. The van der Waals surface area contributed by atoms with E-state index in [0.717, 1.165) is 24.8 Å². The number of benzene rings is 2. The number of allylic oxidation sites excluding steroid dienone is 2. The van der Waals surface area contributed by atoms with Gasteiger partial charge in [-0.3, -0.25) is 4.79 Å². The first-order valence-corrected chi connectivity index (χ1v) is 10.7. The minimum Gasteiger partial charge on any atom is -0.426 e. The first kappa shape index (κ1) is 21.4. The summed E-state index contributed by atoms with van der Waals surface area (Å²) in [6, 6.07) is 16.5. The maximum Gasteiger partial charge on any atom is 0.314 e. The van der Waals surface area contributed by atoms with Gasteiger partial charge in [-0.05, 0) is 58.9 Å². The van der Waals surface area contributed by atoms with Gasteiger partial charge in [0.2, 0.25) is 0 Å². The Morgan fingerprint density at radius 3 is 1.83 bits per heavy atom. The zero-order chi connectivity index (χ0) is 21.2. The third kappa shape index (κ3) is 5.38. The lowest BCUT2D eigenvalue weighted by atomic mass is 9.77. The molecule has 0 N–H and O–H groups in total. The van der Waals surface area contributed by atoms with Crippen LogP contribution in [0.3, 0.4) is 0 Å². The zero-order valence-electron chi connectivity index (χ0n) is 18.7. The Morgan fingerprint density at radius 1 is 0.828 bits per heavy atom. The highest BCUT2D eigenvalue weighted by atomic mass is 16.5. The van der Waals surface area contributed by atoms with Crippen molar-refractivity contribution in [1.29, 1.82) is 0 Å². The van der Waals surface area contributed by atoms with Gasteiger partial charge >= 0.3 is 5.97 Å². The Labute approximate surface area is 176 Å². The third-order valence-electron chi connectivity index (χ3n) is 5.86. The monoisotopic (exact) mass is 390 g/mol. The fourth-order valence-corrected chi connectivity index (χ4v) is 3.81. The van der Waals surface area contributed by atoms with Crippen LogP contribution in [0.25, 0.3) is 11.1 Å². The van der Waals surface area contributed by atoms with Crippen molar-refractivity contribution in [2.24, 2.45) is 11.3 Å². The number of carbonyl (C=O) groups excluding carboxylic acids is 1. The summed E-state index contributed by atoms with van der Waals surface area (Å²) in [7, 11) is 0. The maximum absolute atomic E-state index is 12.6. The molecule has 0 bridgehead atoms. The van der Waals surface area contributed by atoms with Gasteiger partial charge in [0, 0.05) is 0 Å². The Balaban J connectivity index is 1.62. The summed E-state index contributed by atoms with van der Waals surface area (Å²) in [6.45, 7) is 13.4. The molecule has 2 aromatic carbocycles. The van der Waals surface area contributed by atoms with Gasteiger partial charge in [-0.15, -0.1) is 0 Å². The van der Waals surface area contributed by atoms with Crippen molar-refractivity contribution in [3.05, 3.63) is 65.7 Å². The van der Waals surface area contributed by atoms with E-state index in [-0.39, 0.29) is 22.7 Å². The number of carbonyl (C=O) groups is 1. The molecule has 1 atom stereocenters. The van der Waals surface area contributed by atoms with E-state index in [1.54, 1.807) is 0 Å². The van der Waals surface area contributed by atoms with Crippen molar-refractivity contribution in [2.75, 3.05) is 0 Å². The Kier molecular flexibility index (Phi) is 6.03. The molecule has 0 saturated carbocycles. The molecule has 0 radical (unpaired) electrons. The van der Waals surface area contributed by atoms with Crippen molar-refractivity contribution >= 4 is 5.97 Å². The van der Waals surface area contributed by atoms with E-state index >= 15 is 0 Å². The second-order valence-corrected chi connectivity index (χ2v) is 10.2. The van der Waals surface area contributed by atoms with Gasteiger partial charge in [-0.25, -0.2) is 0 Å². The molecule has 0 spiro atoms. The largest absolute Gasteiger partial charge is 0.426 e. The molecule has 1 unspecified atom stereocenters. The number of rotatable bonds is 3. The highest BCUT2D eigenvalue weighted by Crippen LogP contribution is 2.36. The number of hydrogen-bond acceptors (Lipinski definition) is 2. The summed E-state index contributed by atoms with van der Waals surface area (Å²) in [5, 5.41) is 0. The average molecular weight is 391 g/mol. The summed E-state index contributed by atoms with van der Waals surface area (Å²) >= 11 is 0. The van der Waals surface area contributed by atoms with Gasteiger partial charge in [-0.2, -0.15) is 0 Å². The van der Waals surface area contributed by atoms with Gasteiger partial charge in [0.25, 0.3) is 0 Å². The normalized spacial score (nSPS) is 17.6. The minimum atomic E-state index is -0.114. The lowest BCUT2D eigenvalue weighted by Crippen LogP contribution is -2.24. The van der Waals surface area contributed by atoms with E-state index in [1.807, 2.05) is 24.3 Å².